The molecular formula is C18H26N2O3. The molecule has 5 nitrogen and oxygen atoms in total. The molecule has 5 heteroatoms. The van der Waals surface area contributed by atoms with Gasteiger partial charge in [0, 0.05) is 6.20 Å². The number of hydrogen-bond acceptors (Lipinski definition) is 4. The summed E-state index contributed by atoms with van der Waals surface area (Å²) in [5.74, 6) is -0.280. The Morgan fingerprint density at radius 1 is 1.30 bits per heavy atom. The van der Waals surface area contributed by atoms with Crippen LogP contribution in [-0.2, 0) is 11.2 Å². The minimum absolute atomic E-state index is 0.0337. The van der Waals surface area contributed by atoms with Crippen LogP contribution >= 0.6 is 0 Å². The van der Waals surface area contributed by atoms with Gasteiger partial charge >= 0.3 is 0 Å². The molecule has 2 unspecified atom stereocenters. The fourth-order valence-corrected chi connectivity index (χ4v) is 4.00. The summed E-state index contributed by atoms with van der Waals surface area (Å²) in [6.45, 7) is -0.0337. The van der Waals surface area contributed by atoms with Gasteiger partial charge in [0.05, 0.1) is 24.3 Å². The molecule has 23 heavy (non-hydrogen) atoms. The third-order valence-electron chi connectivity index (χ3n) is 5.39. The van der Waals surface area contributed by atoms with E-state index in [1.807, 2.05) is 12.1 Å². The van der Waals surface area contributed by atoms with Crippen molar-refractivity contribution >= 4 is 5.91 Å². The van der Waals surface area contributed by atoms with Crippen LogP contribution in [0.4, 0.5) is 0 Å². The van der Waals surface area contributed by atoms with Gasteiger partial charge in [-0.2, -0.15) is 0 Å². The lowest BCUT2D eigenvalue weighted by Crippen LogP contribution is -2.47. The number of aliphatic hydroxyl groups excluding tert-OH is 2. The number of carbonyl (C=O) groups is 1. The first-order valence-corrected chi connectivity index (χ1v) is 8.73. The molecule has 0 spiro atoms. The summed E-state index contributed by atoms with van der Waals surface area (Å²) < 4.78 is 0. The molecule has 0 bridgehead atoms. The highest BCUT2D eigenvalue weighted by Crippen LogP contribution is 2.33. The highest BCUT2D eigenvalue weighted by Gasteiger charge is 2.35. The van der Waals surface area contributed by atoms with Crippen LogP contribution in [0.15, 0.2) is 18.3 Å². The van der Waals surface area contributed by atoms with Crippen molar-refractivity contribution in [3.05, 3.63) is 29.6 Å². The molecule has 1 saturated carbocycles. The maximum atomic E-state index is 12.6. The van der Waals surface area contributed by atoms with Gasteiger partial charge in [-0.05, 0) is 43.2 Å². The summed E-state index contributed by atoms with van der Waals surface area (Å²) >= 11 is 0. The first-order chi connectivity index (χ1) is 11.2. The van der Waals surface area contributed by atoms with E-state index >= 15 is 0 Å². The number of nitrogens with zero attached hydrogens (tertiary/aromatic N) is 1. The Bertz CT molecular complexity index is 543. The third-order valence-corrected chi connectivity index (χ3v) is 5.39. The van der Waals surface area contributed by atoms with Crippen molar-refractivity contribution in [3.8, 4) is 0 Å². The molecule has 1 fully saturated rings. The number of amides is 1. The SMILES string of the molecule is O=C(N[C@@H](CO)C1CCCCC1)C1CCc2cccnc2C1O. The fraction of sp³-hybridized carbons (Fsp3) is 0.667. The maximum Gasteiger partial charge on any atom is 0.226 e. The van der Waals surface area contributed by atoms with Crippen LogP contribution in [-0.4, -0.2) is 33.8 Å². The molecule has 126 valence electrons. The maximum absolute atomic E-state index is 12.6. The molecule has 1 heterocycles. The third kappa shape index (κ3) is 3.56. The quantitative estimate of drug-likeness (QED) is 0.789. The second-order valence-corrected chi connectivity index (χ2v) is 6.83. The minimum atomic E-state index is -0.856. The summed E-state index contributed by atoms with van der Waals surface area (Å²) in [5, 5.41) is 23.2. The van der Waals surface area contributed by atoms with Crippen molar-refractivity contribution in [3.63, 3.8) is 0 Å². The number of nitrogens with one attached hydrogen (secondary N) is 1. The molecule has 3 N–H and O–H groups in total. The van der Waals surface area contributed by atoms with E-state index in [9.17, 15) is 15.0 Å². The molecule has 2 aliphatic carbocycles. The van der Waals surface area contributed by atoms with E-state index in [2.05, 4.69) is 10.3 Å². The van der Waals surface area contributed by atoms with Crippen molar-refractivity contribution in [1.82, 2.24) is 10.3 Å². The fourth-order valence-electron chi connectivity index (χ4n) is 4.00. The number of pyridine rings is 1. The van der Waals surface area contributed by atoms with E-state index in [4.69, 9.17) is 0 Å². The van der Waals surface area contributed by atoms with Gasteiger partial charge in [-0.15, -0.1) is 0 Å². The van der Waals surface area contributed by atoms with Crippen LogP contribution in [0.5, 0.6) is 0 Å². The second-order valence-electron chi connectivity index (χ2n) is 6.83. The number of carbonyl (C=O) groups excluding carboxylic acids is 1. The van der Waals surface area contributed by atoms with Gasteiger partial charge < -0.3 is 15.5 Å². The van der Waals surface area contributed by atoms with Gasteiger partial charge in [-0.3, -0.25) is 9.78 Å². The molecule has 3 atom stereocenters. The van der Waals surface area contributed by atoms with Gasteiger partial charge in [0.15, 0.2) is 0 Å². The monoisotopic (exact) mass is 318 g/mol. The van der Waals surface area contributed by atoms with Gasteiger partial charge in [0.2, 0.25) is 5.91 Å². The van der Waals surface area contributed by atoms with E-state index in [1.165, 1.54) is 19.3 Å². The number of rotatable bonds is 4. The average molecular weight is 318 g/mol. The molecule has 0 saturated heterocycles. The van der Waals surface area contributed by atoms with Crippen molar-refractivity contribution in [1.29, 1.82) is 0 Å². The van der Waals surface area contributed by atoms with Crippen LogP contribution < -0.4 is 5.32 Å². The molecule has 1 aromatic rings. The molecule has 1 aromatic heterocycles. The van der Waals surface area contributed by atoms with Crippen LogP contribution in [0.3, 0.4) is 0 Å². The summed E-state index contributed by atoms with van der Waals surface area (Å²) in [6.07, 6.45) is 7.87. The van der Waals surface area contributed by atoms with E-state index in [0.717, 1.165) is 24.8 Å². The normalized spacial score (nSPS) is 26.3. The van der Waals surface area contributed by atoms with Crippen molar-refractivity contribution < 1.29 is 15.0 Å². The van der Waals surface area contributed by atoms with Gasteiger partial charge in [0.25, 0.3) is 0 Å². The predicted octanol–water partition coefficient (Wildman–Crippen LogP) is 1.73. The Morgan fingerprint density at radius 3 is 2.83 bits per heavy atom. The average Bonchev–Trinajstić information content (AvgIpc) is 2.60. The zero-order chi connectivity index (χ0) is 16.2. The molecule has 2 aliphatic rings. The number of fused-ring (bicyclic) bond motifs is 1. The first-order valence-electron chi connectivity index (χ1n) is 8.73. The molecule has 0 aliphatic heterocycles. The van der Waals surface area contributed by atoms with Crippen LogP contribution in [0.2, 0.25) is 0 Å². The Morgan fingerprint density at radius 2 is 2.09 bits per heavy atom. The summed E-state index contributed by atoms with van der Waals surface area (Å²) in [6, 6.07) is 3.62. The molecular weight excluding hydrogens is 292 g/mol. The van der Waals surface area contributed by atoms with E-state index < -0.39 is 12.0 Å². The van der Waals surface area contributed by atoms with Crippen LogP contribution in [0, 0.1) is 11.8 Å². The van der Waals surface area contributed by atoms with Gasteiger partial charge in [-0.1, -0.05) is 25.3 Å². The smallest absolute Gasteiger partial charge is 0.226 e. The van der Waals surface area contributed by atoms with E-state index in [0.29, 0.717) is 18.0 Å². The van der Waals surface area contributed by atoms with Crippen molar-refractivity contribution in [2.45, 2.75) is 57.1 Å². The summed E-state index contributed by atoms with van der Waals surface area (Å²) in [5.41, 5.74) is 1.65. The number of aliphatic hydroxyl groups is 2. The Balaban J connectivity index is 1.66. The van der Waals surface area contributed by atoms with Crippen LogP contribution in [0.25, 0.3) is 0 Å². The predicted molar refractivity (Wildman–Crippen MR) is 86.6 cm³/mol. The van der Waals surface area contributed by atoms with Crippen molar-refractivity contribution in [2.75, 3.05) is 6.61 Å². The number of aryl methyl sites for hydroxylation is 1. The number of aromatic nitrogens is 1. The molecule has 1 amide bonds. The zero-order valence-electron chi connectivity index (χ0n) is 13.4. The molecule has 0 aromatic carbocycles. The summed E-state index contributed by atoms with van der Waals surface area (Å²) in [4.78, 5) is 16.9. The zero-order valence-corrected chi connectivity index (χ0v) is 13.4. The Kier molecular flexibility index (Phi) is 5.28. The topological polar surface area (TPSA) is 82.5 Å². The molecule has 3 rings (SSSR count). The Hall–Kier alpha value is -1.46. The standard InChI is InChI=1S/C18H26N2O3/c21-11-15(12-5-2-1-3-6-12)20-18(23)14-9-8-13-7-4-10-19-16(13)17(14)22/h4,7,10,12,14-15,17,21-22H,1-3,5-6,8-9,11H2,(H,20,23)/t14?,15-,17?/m0/s1. The highest BCUT2D eigenvalue weighted by atomic mass is 16.3. The Labute approximate surface area is 137 Å². The van der Waals surface area contributed by atoms with Crippen molar-refractivity contribution in [2.24, 2.45) is 11.8 Å². The molecule has 0 radical (unpaired) electrons. The lowest BCUT2D eigenvalue weighted by molar-refractivity contribution is -0.131. The van der Waals surface area contributed by atoms with E-state index in [-0.39, 0.29) is 18.6 Å². The summed E-state index contributed by atoms with van der Waals surface area (Å²) in [7, 11) is 0. The number of hydrogen-bond donors (Lipinski definition) is 3. The van der Waals surface area contributed by atoms with E-state index in [1.54, 1.807) is 6.20 Å². The first kappa shape index (κ1) is 16.4. The largest absolute Gasteiger partial charge is 0.394 e. The second kappa shape index (κ2) is 7.41. The minimum Gasteiger partial charge on any atom is -0.394 e. The van der Waals surface area contributed by atoms with Crippen LogP contribution in [0.1, 0.15) is 55.9 Å². The lowest BCUT2D eigenvalue weighted by atomic mass is 9.82. The van der Waals surface area contributed by atoms with Gasteiger partial charge in [0.1, 0.15) is 6.10 Å². The highest BCUT2D eigenvalue weighted by molar-refractivity contribution is 5.80. The lowest BCUT2D eigenvalue weighted by Gasteiger charge is -2.33. The van der Waals surface area contributed by atoms with Gasteiger partial charge in [-0.25, -0.2) is 0 Å².